The number of benzene rings is 1. The zero-order valence-corrected chi connectivity index (χ0v) is 27.8. The number of nitrogens with zero attached hydrogens (tertiary/aromatic N) is 5. The van der Waals surface area contributed by atoms with Crippen LogP contribution in [-0.2, 0) is 13.6 Å². The molecule has 0 bridgehead atoms. The Hall–Kier alpha value is -3.31. The largest absolute Gasteiger partial charge is 0.384 e. The highest BCUT2D eigenvalue weighted by Crippen LogP contribution is 2.28. The van der Waals surface area contributed by atoms with Gasteiger partial charge in [0.15, 0.2) is 5.15 Å². The molecule has 3 aromatic rings. The molecule has 0 aliphatic carbocycles. The van der Waals surface area contributed by atoms with Gasteiger partial charge in [0, 0.05) is 55.6 Å². The fourth-order valence-electron chi connectivity index (χ4n) is 4.95. The lowest BCUT2D eigenvalue weighted by Gasteiger charge is -2.37. The fraction of sp³-hybridized carbons (Fsp3) is 0.438. The van der Waals surface area contributed by atoms with E-state index in [2.05, 4.69) is 41.8 Å². The molecule has 1 fully saturated rings. The predicted molar refractivity (Wildman–Crippen MR) is 180 cm³/mol. The number of halogens is 4. The van der Waals surface area contributed by atoms with E-state index in [1.807, 2.05) is 31.1 Å². The maximum absolute atomic E-state index is 12.9. The van der Waals surface area contributed by atoms with Crippen LogP contribution in [-0.4, -0.2) is 59.8 Å². The average Bonchev–Trinajstić information content (AvgIpc) is 3.36. The fourth-order valence-corrected chi connectivity index (χ4v) is 5.82. The molecule has 2 aromatic heterocycles. The topological polar surface area (TPSA) is 58.3 Å². The molecule has 1 aromatic carbocycles. The highest BCUT2D eigenvalue weighted by molar-refractivity contribution is 7.98. The SMILES string of the molecule is C=c1c(=O)n(C)c(N2CCN(c3cnn(CC(F)F)c3Cl)CC2)c/c1=C(C)/C=C(/C)CC.CCNc1ccc(F)cc1SC. The lowest BCUT2D eigenvalue weighted by molar-refractivity contribution is 0.122. The molecule has 0 radical (unpaired) electrons. The standard InChI is InChI=1S/C23H30ClF2N5O.C9H12FNS/c1-6-15(2)11-16(3)18-12-21(28(5)23(32)17(18)4)30-9-7-29(8-10-30)19-13-27-31(22(19)24)14-20(25)26;1-3-11-8-5-4-7(10)6-9(8)12-2/h11-13,20H,4,6-10,14H2,1-3,5H3;4-6,11H,3H2,1-2H3/b15-11-,18-16-;. The van der Waals surface area contributed by atoms with Crippen molar-refractivity contribution in [2.45, 2.75) is 52.0 Å². The molecule has 0 spiro atoms. The van der Waals surface area contributed by atoms with E-state index in [1.165, 1.54) is 17.8 Å². The number of aromatic nitrogens is 3. The smallest absolute Gasteiger partial charge is 0.259 e. The Morgan fingerprint density at radius 1 is 1.16 bits per heavy atom. The molecule has 7 nitrogen and oxygen atoms in total. The van der Waals surface area contributed by atoms with Gasteiger partial charge in [-0.2, -0.15) is 5.10 Å². The normalized spacial score (nSPS) is 14.5. The minimum absolute atomic E-state index is 0.113. The van der Waals surface area contributed by atoms with Crippen LogP contribution in [0.1, 0.15) is 34.1 Å². The molecular weight excluding hydrogens is 609 g/mol. The number of alkyl halides is 2. The number of thioether (sulfide) groups is 1. The maximum Gasteiger partial charge on any atom is 0.259 e. The molecule has 1 aliphatic rings. The molecule has 44 heavy (non-hydrogen) atoms. The third-order valence-corrected chi connectivity index (χ3v) is 8.66. The molecule has 1 aliphatic heterocycles. The van der Waals surface area contributed by atoms with E-state index >= 15 is 0 Å². The second-order valence-electron chi connectivity index (χ2n) is 10.5. The van der Waals surface area contributed by atoms with Crippen molar-refractivity contribution in [1.82, 2.24) is 14.3 Å². The van der Waals surface area contributed by atoms with Crippen molar-refractivity contribution in [1.29, 1.82) is 0 Å². The first-order valence-electron chi connectivity index (χ1n) is 14.6. The summed E-state index contributed by atoms with van der Waals surface area (Å²) in [5.74, 6) is 0.652. The summed E-state index contributed by atoms with van der Waals surface area (Å²) in [6, 6.07) is 6.81. The molecule has 0 saturated carbocycles. The summed E-state index contributed by atoms with van der Waals surface area (Å²) in [4.78, 5) is 18.0. The van der Waals surface area contributed by atoms with Gasteiger partial charge in [-0.05, 0) is 68.5 Å². The van der Waals surface area contributed by atoms with Gasteiger partial charge in [-0.15, -0.1) is 11.8 Å². The summed E-state index contributed by atoms with van der Waals surface area (Å²) in [6.45, 7) is 15.1. The number of piperazine rings is 1. The number of hydrogen-bond donors (Lipinski definition) is 1. The van der Waals surface area contributed by atoms with Crippen LogP contribution in [0.15, 0.2) is 51.8 Å². The van der Waals surface area contributed by atoms with Crippen molar-refractivity contribution in [2.24, 2.45) is 7.05 Å². The summed E-state index contributed by atoms with van der Waals surface area (Å²) < 4.78 is 40.9. The second-order valence-corrected chi connectivity index (χ2v) is 11.7. The molecule has 1 N–H and O–H groups in total. The third kappa shape index (κ3) is 8.65. The van der Waals surface area contributed by atoms with Crippen LogP contribution in [0.2, 0.25) is 5.15 Å². The van der Waals surface area contributed by atoms with Gasteiger partial charge in [0.25, 0.3) is 12.0 Å². The zero-order valence-electron chi connectivity index (χ0n) is 26.3. The first-order valence-corrected chi connectivity index (χ1v) is 16.2. The summed E-state index contributed by atoms with van der Waals surface area (Å²) in [5, 5.41) is 8.73. The van der Waals surface area contributed by atoms with Gasteiger partial charge < -0.3 is 15.1 Å². The number of anilines is 3. The number of rotatable bonds is 9. The van der Waals surface area contributed by atoms with Gasteiger partial charge in [-0.25, -0.2) is 17.9 Å². The van der Waals surface area contributed by atoms with E-state index in [9.17, 15) is 18.0 Å². The quantitative estimate of drug-likeness (QED) is 0.298. The summed E-state index contributed by atoms with van der Waals surface area (Å²) in [7, 11) is 1.76. The average molecular weight is 651 g/mol. The van der Waals surface area contributed by atoms with E-state index in [0.29, 0.717) is 37.1 Å². The van der Waals surface area contributed by atoms with E-state index in [-0.39, 0.29) is 16.5 Å². The van der Waals surface area contributed by atoms with E-state index < -0.39 is 13.0 Å². The summed E-state index contributed by atoms with van der Waals surface area (Å²) in [5.41, 5.74) is 3.80. The Morgan fingerprint density at radius 2 is 1.82 bits per heavy atom. The molecule has 3 heterocycles. The first kappa shape index (κ1) is 35.2. The summed E-state index contributed by atoms with van der Waals surface area (Å²) >= 11 is 7.83. The van der Waals surface area contributed by atoms with Gasteiger partial charge in [-0.1, -0.05) is 36.8 Å². The van der Waals surface area contributed by atoms with Gasteiger partial charge in [0.05, 0.1) is 11.9 Å². The number of pyridine rings is 1. The zero-order chi connectivity index (χ0) is 32.6. The van der Waals surface area contributed by atoms with E-state index in [1.54, 1.807) is 35.5 Å². The minimum atomic E-state index is -2.51. The number of allylic oxidation sites excluding steroid dienone is 2. The molecule has 1 saturated heterocycles. The van der Waals surface area contributed by atoms with Crippen LogP contribution in [0.25, 0.3) is 12.2 Å². The van der Waals surface area contributed by atoms with Crippen molar-refractivity contribution in [2.75, 3.05) is 54.1 Å². The monoisotopic (exact) mass is 650 g/mol. The van der Waals surface area contributed by atoms with Crippen LogP contribution in [0.5, 0.6) is 0 Å². The first-order chi connectivity index (χ1) is 20.9. The van der Waals surface area contributed by atoms with Crippen LogP contribution in [0.3, 0.4) is 0 Å². The van der Waals surface area contributed by atoms with Crippen molar-refractivity contribution < 1.29 is 13.2 Å². The van der Waals surface area contributed by atoms with Crippen LogP contribution in [0.4, 0.5) is 30.4 Å². The third-order valence-electron chi connectivity index (χ3n) is 7.49. The maximum atomic E-state index is 12.9. The second kappa shape index (κ2) is 16.1. The molecular formula is C32H42ClF3N6OS. The van der Waals surface area contributed by atoms with Gasteiger partial charge in [0.2, 0.25) is 0 Å². The number of nitrogens with one attached hydrogen (secondary N) is 1. The Kier molecular flexibility index (Phi) is 12.9. The van der Waals surface area contributed by atoms with Gasteiger partial charge in [0.1, 0.15) is 18.2 Å². The molecule has 4 rings (SSSR count). The lowest BCUT2D eigenvalue weighted by Crippen LogP contribution is -2.51. The molecule has 0 atom stereocenters. The highest BCUT2D eigenvalue weighted by atomic mass is 35.5. The van der Waals surface area contributed by atoms with E-state index in [0.717, 1.165) is 44.8 Å². The Balaban J connectivity index is 0.000000369. The van der Waals surface area contributed by atoms with Crippen molar-refractivity contribution >= 4 is 52.7 Å². The van der Waals surface area contributed by atoms with Gasteiger partial charge in [-0.3, -0.25) is 9.36 Å². The van der Waals surface area contributed by atoms with Crippen LogP contribution >= 0.6 is 23.4 Å². The molecule has 0 unspecified atom stereocenters. The summed E-state index contributed by atoms with van der Waals surface area (Å²) in [6.07, 6.45) is 4.01. The molecule has 240 valence electrons. The predicted octanol–water partition coefficient (Wildman–Crippen LogP) is 5.74. The highest BCUT2D eigenvalue weighted by Gasteiger charge is 2.24. The molecule has 0 amide bonds. The Labute approximate surface area is 266 Å². The van der Waals surface area contributed by atoms with Crippen molar-refractivity contribution in [3.63, 3.8) is 0 Å². The Morgan fingerprint density at radius 3 is 2.41 bits per heavy atom. The number of hydrogen-bond acceptors (Lipinski definition) is 6. The van der Waals surface area contributed by atoms with Crippen molar-refractivity contribution in [3.8, 4) is 0 Å². The van der Waals surface area contributed by atoms with Gasteiger partial charge >= 0.3 is 0 Å². The van der Waals surface area contributed by atoms with Crippen LogP contribution < -0.4 is 31.1 Å². The van der Waals surface area contributed by atoms with E-state index in [4.69, 9.17) is 11.6 Å². The van der Waals surface area contributed by atoms with Crippen LogP contribution in [0, 0.1) is 5.82 Å². The lowest BCUT2D eigenvalue weighted by atomic mass is 10.1. The molecule has 12 heteroatoms. The minimum Gasteiger partial charge on any atom is -0.384 e. The van der Waals surface area contributed by atoms with Crippen molar-refractivity contribution in [3.05, 3.63) is 73.9 Å². The Bertz CT molecular complexity index is 1630.